The van der Waals surface area contributed by atoms with Crippen molar-refractivity contribution in [2.75, 3.05) is 0 Å². The number of carbonyl (C=O) groups is 1. The van der Waals surface area contributed by atoms with Gasteiger partial charge in [-0.15, -0.1) is 0 Å². The predicted octanol–water partition coefficient (Wildman–Crippen LogP) is 4.88. The van der Waals surface area contributed by atoms with Crippen LogP contribution in [-0.2, 0) is 17.4 Å². The third-order valence-corrected chi connectivity index (χ3v) is 6.30. The highest BCUT2D eigenvalue weighted by atomic mass is 32.2. The van der Waals surface area contributed by atoms with Crippen molar-refractivity contribution in [1.29, 1.82) is 0 Å². The number of Topliss-reactive ketones (excluding diaryl/α,β-unsaturated/α-hetero) is 1. The van der Waals surface area contributed by atoms with Gasteiger partial charge in [0, 0.05) is 22.8 Å². The van der Waals surface area contributed by atoms with Crippen molar-refractivity contribution in [3.8, 4) is 0 Å². The van der Waals surface area contributed by atoms with Crippen molar-refractivity contribution in [3.05, 3.63) is 35.4 Å². The first-order valence-corrected chi connectivity index (χ1v) is 8.71. The fourth-order valence-corrected chi connectivity index (χ4v) is 5.44. The van der Waals surface area contributed by atoms with Crippen LogP contribution in [0.3, 0.4) is 0 Å². The largest absolute Gasteiger partial charge is 0.416 e. The van der Waals surface area contributed by atoms with Gasteiger partial charge in [0.2, 0.25) is 0 Å². The Bertz CT molecular complexity index is 543. The number of thioether (sulfide) groups is 1. The summed E-state index contributed by atoms with van der Waals surface area (Å²) in [7, 11) is 0. The van der Waals surface area contributed by atoms with Gasteiger partial charge in [-0.1, -0.05) is 24.6 Å². The molecule has 0 N–H and O–H groups in total. The van der Waals surface area contributed by atoms with E-state index in [4.69, 9.17) is 0 Å². The number of ketones is 1. The minimum atomic E-state index is -4.39. The molecule has 2 heterocycles. The Balaban J connectivity index is 1.72. The lowest BCUT2D eigenvalue weighted by Crippen LogP contribution is -2.33. The summed E-state index contributed by atoms with van der Waals surface area (Å²) in [5, 5.41) is 1.05. The van der Waals surface area contributed by atoms with Crippen LogP contribution >= 0.6 is 11.8 Å². The van der Waals surface area contributed by atoms with Gasteiger partial charge in [-0.05, 0) is 37.3 Å². The smallest absolute Gasteiger partial charge is 0.299 e. The Labute approximate surface area is 132 Å². The van der Waals surface area contributed by atoms with Crippen molar-refractivity contribution in [3.63, 3.8) is 0 Å². The molecule has 120 valence electrons. The fraction of sp³-hybridized carbons (Fsp3) is 0.588. The number of alkyl halides is 3. The Morgan fingerprint density at radius 1 is 1.14 bits per heavy atom. The first kappa shape index (κ1) is 15.9. The molecule has 0 radical (unpaired) electrons. The number of carbonyl (C=O) groups excluding carboxylic acids is 1. The quantitative estimate of drug-likeness (QED) is 0.786. The van der Waals surface area contributed by atoms with Crippen LogP contribution in [0.2, 0.25) is 0 Å². The lowest BCUT2D eigenvalue weighted by molar-refractivity contribution is -0.138. The van der Waals surface area contributed by atoms with Gasteiger partial charge in [-0.3, -0.25) is 4.79 Å². The molecule has 0 amide bonds. The molecular formula is C17H19F3OS. The van der Waals surface area contributed by atoms with Crippen molar-refractivity contribution in [2.24, 2.45) is 5.92 Å². The summed E-state index contributed by atoms with van der Waals surface area (Å²) in [6.07, 6.45) is 0.705. The molecule has 2 aliphatic rings. The molecule has 3 rings (SSSR count). The summed E-state index contributed by atoms with van der Waals surface area (Å²) in [5.41, 5.74) is -0.558. The number of halogens is 3. The maximum absolute atomic E-state index is 13.0. The van der Waals surface area contributed by atoms with E-state index in [1.54, 1.807) is 6.07 Å². The topological polar surface area (TPSA) is 17.1 Å². The average Bonchev–Trinajstić information content (AvgIpc) is 2.46. The maximum Gasteiger partial charge on any atom is 0.416 e. The lowest BCUT2D eigenvalue weighted by atomic mass is 9.84. The zero-order chi connectivity index (χ0) is 15.7. The van der Waals surface area contributed by atoms with Gasteiger partial charge < -0.3 is 0 Å². The van der Waals surface area contributed by atoms with E-state index in [0.717, 1.165) is 31.7 Å². The summed E-state index contributed by atoms with van der Waals surface area (Å²) < 4.78 is 39.0. The molecule has 2 fully saturated rings. The molecule has 2 aliphatic heterocycles. The summed E-state index contributed by atoms with van der Waals surface area (Å²) >= 11 is 1.98. The third kappa shape index (κ3) is 3.50. The number of fused-ring (bicyclic) bond motifs is 2. The van der Waals surface area contributed by atoms with Crippen LogP contribution in [0.4, 0.5) is 13.2 Å². The Morgan fingerprint density at radius 2 is 1.77 bits per heavy atom. The molecule has 1 aromatic rings. The molecule has 5 heteroatoms. The summed E-state index contributed by atoms with van der Waals surface area (Å²) in [6.45, 7) is 0. The molecule has 1 nitrogen and oxygen atoms in total. The average molecular weight is 328 g/mol. The van der Waals surface area contributed by atoms with Crippen LogP contribution in [0.25, 0.3) is 0 Å². The second-order valence-corrected chi connectivity index (χ2v) is 7.88. The Hall–Kier alpha value is -0.970. The van der Waals surface area contributed by atoms with Gasteiger partial charge in [0.1, 0.15) is 5.78 Å². The van der Waals surface area contributed by atoms with Crippen molar-refractivity contribution >= 4 is 17.5 Å². The number of benzene rings is 1. The van der Waals surface area contributed by atoms with Crippen molar-refractivity contribution in [1.82, 2.24) is 0 Å². The van der Waals surface area contributed by atoms with Crippen LogP contribution < -0.4 is 0 Å². The minimum Gasteiger partial charge on any atom is -0.299 e. The monoisotopic (exact) mass is 328 g/mol. The fourth-order valence-electron chi connectivity index (χ4n) is 3.61. The zero-order valence-electron chi connectivity index (χ0n) is 12.2. The Morgan fingerprint density at radius 3 is 2.41 bits per heavy atom. The van der Waals surface area contributed by atoms with E-state index in [0.29, 0.717) is 10.5 Å². The molecule has 1 aromatic carbocycles. The normalized spacial score (nSPS) is 28.4. The standard InChI is InChI=1S/C17H19F3OS/c18-17(19,20)15-7-2-1-4-11(15)10-16(21)12-8-13-5-3-6-14(9-12)22-13/h1-2,4,7,12-14H,3,5-6,8-10H2. The highest BCUT2D eigenvalue weighted by Gasteiger charge is 2.37. The van der Waals surface area contributed by atoms with Gasteiger partial charge in [0.15, 0.2) is 0 Å². The summed E-state index contributed by atoms with van der Waals surface area (Å²) in [4.78, 5) is 12.5. The molecule has 2 atom stereocenters. The SMILES string of the molecule is O=C(Cc1ccccc1C(F)(F)F)C1CC2CCCC(C1)S2. The summed E-state index contributed by atoms with van der Waals surface area (Å²) in [6, 6.07) is 5.44. The molecule has 0 saturated carbocycles. The van der Waals surface area contributed by atoms with Crippen LogP contribution in [0.15, 0.2) is 24.3 Å². The van der Waals surface area contributed by atoms with Crippen molar-refractivity contribution < 1.29 is 18.0 Å². The number of hydrogen-bond donors (Lipinski definition) is 0. The zero-order valence-corrected chi connectivity index (χ0v) is 13.1. The van der Waals surface area contributed by atoms with Crippen LogP contribution in [0, 0.1) is 5.92 Å². The number of hydrogen-bond acceptors (Lipinski definition) is 2. The van der Waals surface area contributed by atoms with Gasteiger partial charge >= 0.3 is 6.18 Å². The second-order valence-electron chi connectivity index (χ2n) is 6.28. The molecule has 0 spiro atoms. The van der Waals surface area contributed by atoms with E-state index in [1.807, 2.05) is 11.8 Å². The van der Waals surface area contributed by atoms with Crippen LogP contribution in [-0.4, -0.2) is 16.3 Å². The molecule has 0 aliphatic carbocycles. The first-order valence-electron chi connectivity index (χ1n) is 7.77. The third-order valence-electron chi connectivity index (χ3n) is 4.67. The molecule has 22 heavy (non-hydrogen) atoms. The van der Waals surface area contributed by atoms with Crippen LogP contribution in [0.5, 0.6) is 0 Å². The van der Waals surface area contributed by atoms with Crippen molar-refractivity contribution in [2.45, 2.75) is 55.2 Å². The lowest BCUT2D eigenvalue weighted by Gasteiger charge is -2.38. The summed E-state index contributed by atoms with van der Waals surface area (Å²) in [5.74, 6) is -0.0771. The van der Waals surface area contributed by atoms with Gasteiger partial charge in [-0.2, -0.15) is 24.9 Å². The van der Waals surface area contributed by atoms with E-state index < -0.39 is 11.7 Å². The van der Waals surface area contributed by atoms with E-state index >= 15 is 0 Å². The highest BCUT2D eigenvalue weighted by Crippen LogP contribution is 2.44. The minimum absolute atomic E-state index is 0.0195. The predicted molar refractivity (Wildman–Crippen MR) is 81.9 cm³/mol. The van der Waals surface area contributed by atoms with Gasteiger partial charge in [0.05, 0.1) is 5.56 Å². The molecule has 2 saturated heterocycles. The molecular weight excluding hydrogens is 309 g/mol. The molecule has 2 bridgehead atoms. The van der Waals surface area contributed by atoms with E-state index in [9.17, 15) is 18.0 Å². The maximum atomic E-state index is 13.0. The molecule has 2 unspecified atom stereocenters. The highest BCUT2D eigenvalue weighted by molar-refractivity contribution is 8.00. The van der Waals surface area contributed by atoms with E-state index in [2.05, 4.69) is 0 Å². The van der Waals surface area contributed by atoms with Gasteiger partial charge in [0.25, 0.3) is 0 Å². The molecule has 0 aromatic heterocycles. The number of rotatable bonds is 3. The first-order chi connectivity index (χ1) is 10.4. The Kier molecular flexibility index (Phi) is 4.53. The van der Waals surface area contributed by atoms with E-state index in [1.165, 1.54) is 18.6 Å². The van der Waals surface area contributed by atoms with Gasteiger partial charge in [-0.25, -0.2) is 0 Å². The van der Waals surface area contributed by atoms with E-state index in [-0.39, 0.29) is 23.7 Å². The second kappa shape index (κ2) is 6.26. The van der Waals surface area contributed by atoms with Crippen LogP contribution in [0.1, 0.15) is 43.2 Å².